The van der Waals surface area contributed by atoms with Gasteiger partial charge in [-0.15, -0.1) is 0 Å². The second-order valence-corrected chi connectivity index (χ2v) is 2.30. The minimum atomic E-state index is -2.62. The zero-order chi connectivity index (χ0) is 7.82. The van der Waals surface area contributed by atoms with E-state index in [4.69, 9.17) is 14.7 Å². The molecule has 6 heteroatoms. The van der Waals surface area contributed by atoms with Crippen LogP contribution < -0.4 is 10.6 Å². The largest absolute Gasteiger partial charge is 0.328 e. The molecule has 5 nitrogen and oxygen atoms in total. The van der Waals surface area contributed by atoms with Crippen LogP contribution in [0, 0.1) is 0 Å². The predicted molar refractivity (Wildman–Crippen MR) is 39.3 cm³/mol. The molecule has 0 aromatic rings. The number of hydrogen-bond acceptors (Lipinski definition) is 5. The summed E-state index contributed by atoms with van der Waals surface area (Å²) in [5.74, 6) is 0. The van der Waals surface area contributed by atoms with Gasteiger partial charge in [0.05, 0.1) is 0 Å². The van der Waals surface area contributed by atoms with Crippen LogP contribution in [0.2, 0.25) is 0 Å². The number of nitrogens with one attached hydrogen (secondary N) is 2. The van der Waals surface area contributed by atoms with Gasteiger partial charge in [-0.25, -0.2) is 0 Å². The van der Waals surface area contributed by atoms with Crippen molar-refractivity contribution in [2.75, 3.05) is 26.2 Å². The molecule has 0 spiro atoms. The summed E-state index contributed by atoms with van der Waals surface area (Å²) >= 11 is 0. The maximum atomic E-state index is 7.23. The first kappa shape index (κ1) is 10.2. The zero-order valence-electron chi connectivity index (χ0n) is 5.62. The lowest BCUT2D eigenvalue weighted by molar-refractivity contribution is 0.368. The Balaban J connectivity index is 0.000000180. The summed E-state index contributed by atoms with van der Waals surface area (Å²) < 4.78 is 0. The molecule has 0 atom stereocenters. The van der Waals surface area contributed by atoms with Crippen molar-refractivity contribution in [2.24, 2.45) is 0 Å². The van der Waals surface area contributed by atoms with E-state index in [1.54, 1.807) is 0 Å². The van der Waals surface area contributed by atoms with Crippen LogP contribution in [0.3, 0.4) is 0 Å². The van der Waals surface area contributed by atoms with Gasteiger partial charge in [-0.2, -0.15) is 0 Å². The van der Waals surface area contributed by atoms with E-state index in [1.165, 1.54) is 0 Å². The van der Waals surface area contributed by atoms with Gasteiger partial charge in [-0.05, 0) is 0 Å². The maximum Gasteiger partial charge on any atom is 0.324 e. The summed E-state index contributed by atoms with van der Waals surface area (Å²) in [6.45, 7) is 4.56. The highest BCUT2D eigenvalue weighted by molar-refractivity contribution is 7.38. The molecule has 1 saturated heterocycles. The molecule has 1 aliphatic rings. The lowest BCUT2D eigenvalue weighted by Crippen LogP contribution is -2.39. The van der Waals surface area contributed by atoms with Gasteiger partial charge in [0.25, 0.3) is 0 Å². The third-order valence-electron chi connectivity index (χ3n) is 0.957. The van der Waals surface area contributed by atoms with Crippen LogP contribution in [0.5, 0.6) is 0 Å². The van der Waals surface area contributed by atoms with Crippen LogP contribution in [0.15, 0.2) is 0 Å². The van der Waals surface area contributed by atoms with Gasteiger partial charge in [0, 0.05) is 26.2 Å². The Morgan fingerprint density at radius 2 is 1.00 bits per heavy atom. The summed E-state index contributed by atoms with van der Waals surface area (Å²) in [7, 11) is -2.62. The van der Waals surface area contributed by atoms with Gasteiger partial charge in [0.2, 0.25) is 0 Å². The highest BCUT2D eigenvalue weighted by Gasteiger charge is 1.91. The third-order valence-corrected chi connectivity index (χ3v) is 0.957. The van der Waals surface area contributed by atoms with E-state index in [9.17, 15) is 0 Å². The molecule has 62 valence electrons. The van der Waals surface area contributed by atoms with Crippen molar-refractivity contribution < 1.29 is 14.7 Å². The van der Waals surface area contributed by atoms with Crippen LogP contribution in [0.1, 0.15) is 0 Å². The van der Waals surface area contributed by atoms with Crippen molar-refractivity contribution in [3.05, 3.63) is 0 Å². The molecule has 0 aromatic heterocycles. The molecule has 10 heavy (non-hydrogen) atoms. The number of hydrogen-bond donors (Lipinski definition) is 5. The molecule has 0 saturated carbocycles. The van der Waals surface area contributed by atoms with Crippen molar-refractivity contribution in [3.8, 4) is 0 Å². The van der Waals surface area contributed by atoms with Crippen molar-refractivity contribution >= 4 is 8.60 Å². The quantitative estimate of drug-likeness (QED) is 0.280. The van der Waals surface area contributed by atoms with E-state index in [1.807, 2.05) is 0 Å². The molecule has 1 aliphatic heterocycles. The van der Waals surface area contributed by atoms with Gasteiger partial charge in [0.1, 0.15) is 0 Å². The smallest absolute Gasteiger partial charge is 0.324 e. The zero-order valence-corrected chi connectivity index (χ0v) is 6.51. The van der Waals surface area contributed by atoms with Crippen molar-refractivity contribution in [3.63, 3.8) is 0 Å². The summed E-state index contributed by atoms with van der Waals surface area (Å²) in [6, 6.07) is 0. The summed E-state index contributed by atoms with van der Waals surface area (Å²) in [4.78, 5) is 21.7. The first-order chi connectivity index (χ1) is 4.73. The summed E-state index contributed by atoms with van der Waals surface area (Å²) in [5.41, 5.74) is 0. The normalized spacial score (nSPS) is 18.0. The van der Waals surface area contributed by atoms with E-state index in [0.717, 1.165) is 26.2 Å². The monoisotopic (exact) mass is 168 g/mol. The van der Waals surface area contributed by atoms with Gasteiger partial charge < -0.3 is 25.3 Å². The Morgan fingerprint density at radius 3 is 1.10 bits per heavy atom. The first-order valence-corrected chi connectivity index (χ1v) is 4.21. The predicted octanol–water partition coefficient (Wildman–Crippen LogP) is -1.63. The van der Waals surface area contributed by atoms with Gasteiger partial charge >= 0.3 is 8.60 Å². The second-order valence-electron chi connectivity index (χ2n) is 1.77. The van der Waals surface area contributed by atoms with Crippen molar-refractivity contribution in [1.82, 2.24) is 10.6 Å². The molecular weight excluding hydrogens is 155 g/mol. The van der Waals surface area contributed by atoms with Gasteiger partial charge in [0.15, 0.2) is 0 Å². The van der Waals surface area contributed by atoms with Crippen LogP contribution in [-0.2, 0) is 0 Å². The molecule has 1 rings (SSSR count). The van der Waals surface area contributed by atoms with Crippen LogP contribution in [-0.4, -0.2) is 40.9 Å². The molecule has 0 aliphatic carbocycles. The highest BCUT2D eigenvalue weighted by atomic mass is 31.2. The molecular formula is C4H13N2O3P. The van der Waals surface area contributed by atoms with E-state index >= 15 is 0 Å². The number of piperazine rings is 1. The second kappa shape index (κ2) is 7.34. The van der Waals surface area contributed by atoms with Crippen LogP contribution in [0.4, 0.5) is 0 Å². The van der Waals surface area contributed by atoms with Crippen molar-refractivity contribution in [2.45, 2.75) is 0 Å². The van der Waals surface area contributed by atoms with Crippen LogP contribution >= 0.6 is 8.60 Å². The Kier molecular flexibility index (Phi) is 7.51. The van der Waals surface area contributed by atoms with E-state index < -0.39 is 8.60 Å². The number of rotatable bonds is 0. The average Bonchev–Trinajstić information content (AvgIpc) is 1.90. The summed E-state index contributed by atoms with van der Waals surface area (Å²) in [5, 5.41) is 6.44. The topological polar surface area (TPSA) is 84.8 Å². The molecule has 0 radical (unpaired) electrons. The Hall–Kier alpha value is 0.230. The Bertz CT molecular complexity index is 55.3. The van der Waals surface area contributed by atoms with Gasteiger partial charge in [-0.3, -0.25) is 0 Å². The average molecular weight is 168 g/mol. The minimum Gasteiger partial charge on any atom is -0.328 e. The fourth-order valence-corrected chi connectivity index (χ4v) is 0.604. The standard InChI is InChI=1S/C4H10N2.H3O3P/c1-2-6-4-3-5-1;1-4(2)3/h5-6H,1-4H2;1-3H. The molecule has 0 amide bonds. The lowest BCUT2D eigenvalue weighted by Gasteiger charge is -2.11. The molecule has 0 bridgehead atoms. The van der Waals surface area contributed by atoms with E-state index in [-0.39, 0.29) is 0 Å². The van der Waals surface area contributed by atoms with E-state index in [2.05, 4.69) is 10.6 Å². The van der Waals surface area contributed by atoms with Crippen molar-refractivity contribution in [1.29, 1.82) is 0 Å². The molecule has 0 unspecified atom stereocenters. The first-order valence-electron chi connectivity index (χ1n) is 3.01. The molecule has 1 heterocycles. The fraction of sp³-hybridized carbons (Fsp3) is 1.00. The molecule has 5 N–H and O–H groups in total. The Labute approximate surface area is 61.1 Å². The lowest BCUT2D eigenvalue weighted by atomic mass is 10.4. The summed E-state index contributed by atoms with van der Waals surface area (Å²) in [6.07, 6.45) is 0. The Morgan fingerprint density at radius 1 is 0.800 bits per heavy atom. The molecule has 0 aromatic carbocycles. The third kappa shape index (κ3) is 11.1. The highest BCUT2D eigenvalue weighted by Crippen LogP contribution is 2.11. The van der Waals surface area contributed by atoms with Gasteiger partial charge in [-0.1, -0.05) is 0 Å². The maximum absolute atomic E-state index is 7.23. The molecule has 1 fully saturated rings. The SMILES string of the molecule is C1CNCCN1.OP(O)O. The van der Waals surface area contributed by atoms with Crippen LogP contribution in [0.25, 0.3) is 0 Å². The van der Waals surface area contributed by atoms with E-state index in [0.29, 0.717) is 0 Å². The fourth-order valence-electron chi connectivity index (χ4n) is 0.604. The minimum absolute atomic E-state index is 1.14.